The molecule has 19 heavy (non-hydrogen) atoms. The average Bonchev–Trinajstić information content (AvgIpc) is 2.39. The molecule has 108 valence electrons. The lowest BCUT2D eigenvalue weighted by Gasteiger charge is -2.33. The molecule has 0 heterocycles. The van der Waals surface area contributed by atoms with E-state index >= 15 is 0 Å². The number of nitrogens with zero attached hydrogens (tertiary/aromatic N) is 1. The lowest BCUT2D eigenvalue weighted by atomic mass is 10.1. The van der Waals surface area contributed by atoms with Crippen molar-refractivity contribution in [3.63, 3.8) is 0 Å². The molecule has 0 spiro atoms. The standard InChI is InChI=1S/C14H22BrFN2O/c1-4-10(5-2)18(6-7-19-3)14-8-11(15)12(16)9-13(14)17/h8-10H,4-7,17H2,1-3H3. The van der Waals surface area contributed by atoms with Gasteiger partial charge in [0.05, 0.1) is 22.5 Å². The molecule has 0 aliphatic rings. The first-order valence-corrected chi connectivity index (χ1v) is 7.34. The summed E-state index contributed by atoms with van der Waals surface area (Å²) in [5.41, 5.74) is 7.29. The number of hydrogen-bond donors (Lipinski definition) is 1. The van der Waals surface area contributed by atoms with Crippen molar-refractivity contribution in [1.29, 1.82) is 0 Å². The van der Waals surface area contributed by atoms with Gasteiger partial charge in [0.1, 0.15) is 5.82 Å². The van der Waals surface area contributed by atoms with Crippen LogP contribution < -0.4 is 10.6 Å². The number of benzene rings is 1. The Balaban J connectivity index is 3.12. The Bertz CT molecular complexity index is 411. The summed E-state index contributed by atoms with van der Waals surface area (Å²) < 4.78 is 19.1. The maximum Gasteiger partial charge on any atom is 0.139 e. The van der Waals surface area contributed by atoms with Crippen LogP contribution in [0.15, 0.2) is 16.6 Å². The molecule has 0 aromatic heterocycles. The summed E-state index contributed by atoms with van der Waals surface area (Å²) >= 11 is 3.22. The molecule has 0 fully saturated rings. The zero-order valence-electron chi connectivity index (χ0n) is 11.7. The van der Waals surface area contributed by atoms with E-state index in [0.717, 1.165) is 25.1 Å². The van der Waals surface area contributed by atoms with Gasteiger partial charge in [0, 0.05) is 25.8 Å². The van der Waals surface area contributed by atoms with Gasteiger partial charge in [-0.2, -0.15) is 0 Å². The van der Waals surface area contributed by atoms with Gasteiger partial charge in [-0.25, -0.2) is 4.39 Å². The molecule has 1 aromatic carbocycles. The number of anilines is 2. The van der Waals surface area contributed by atoms with Crippen molar-refractivity contribution < 1.29 is 9.13 Å². The number of methoxy groups -OCH3 is 1. The van der Waals surface area contributed by atoms with Crippen molar-refractivity contribution in [2.75, 3.05) is 30.9 Å². The van der Waals surface area contributed by atoms with E-state index in [0.29, 0.717) is 22.8 Å². The summed E-state index contributed by atoms with van der Waals surface area (Å²) in [5.74, 6) is -0.336. The highest BCUT2D eigenvalue weighted by Gasteiger charge is 2.19. The predicted octanol–water partition coefficient (Wildman–Crippen LogP) is 3.81. The van der Waals surface area contributed by atoms with Gasteiger partial charge in [-0.05, 0) is 34.8 Å². The fourth-order valence-corrected chi connectivity index (χ4v) is 2.55. The van der Waals surface area contributed by atoms with Gasteiger partial charge in [-0.1, -0.05) is 13.8 Å². The van der Waals surface area contributed by atoms with E-state index in [1.54, 1.807) is 13.2 Å². The van der Waals surface area contributed by atoms with Gasteiger partial charge in [0.15, 0.2) is 0 Å². The predicted molar refractivity (Wildman–Crippen MR) is 82.1 cm³/mol. The second kappa shape index (κ2) is 7.70. The van der Waals surface area contributed by atoms with Crippen LogP contribution in [0, 0.1) is 5.82 Å². The molecule has 5 heteroatoms. The zero-order chi connectivity index (χ0) is 14.4. The fourth-order valence-electron chi connectivity index (χ4n) is 2.22. The van der Waals surface area contributed by atoms with Crippen molar-refractivity contribution in [1.82, 2.24) is 0 Å². The topological polar surface area (TPSA) is 38.5 Å². The van der Waals surface area contributed by atoms with Gasteiger partial charge in [0.25, 0.3) is 0 Å². The van der Waals surface area contributed by atoms with Gasteiger partial charge < -0.3 is 15.4 Å². The summed E-state index contributed by atoms with van der Waals surface area (Å²) in [6.45, 7) is 5.64. The Labute approximate surface area is 123 Å². The third-order valence-electron chi connectivity index (χ3n) is 3.30. The smallest absolute Gasteiger partial charge is 0.139 e. The van der Waals surface area contributed by atoms with E-state index in [-0.39, 0.29) is 5.82 Å². The summed E-state index contributed by atoms with van der Waals surface area (Å²) in [7, 11) is 1.68. The monoisotopic (exact) mass is 332 g/mol. The second-order valence-corrected chi connectivity index (χ2v) is 5.34. The highest BCUT2D eigenvalue weighted by atomic mass is 79.9. The first kappa shape index (κ1) is 16.2. The quantitative estimate of drug-likeness (QED) is 0.771. The molecule has 0 aliphatic carbocycles. The third kappa shape index (κ3) is 4.08. The zero-order valence-corrected chi connectivity index (χ0v) is 13.3. The highest BCUT2D eigenvalue weighted by Crippen LogP contribution is 2.32. The number of hydrogen-bond acceptors (Lipinski definition) is 3. The first-order valence-electron chi connectivity index (χ1n) is 6.55. The molecule has 3 nitrogen and oxygen atoms in total. The third-order valence-corrected chi connectivity index (χ3v) is 3.91. The largest absolute Gasteiger partial charge is 0.397 e. The number of ether oxygens (including phenoxy) is 1. The van der Waals surface area contributed by atoms with Crippen LogP contribution in [0.4, 0.5) is 15.8 Å². The van der Waals surface area contributed by atoms with Crippen LogP contribution in [-0.2, 0) is 4.74 Å². The minimum absolute atomic E-state index is 0.336. The lowest BCUT2D eigenvalue weighted by molar-refractivity contribution is 0.202. The SMILES string of the molecule is CCC(CC)N(CCOC)c1cc(Br)c(F)cc1N. The number of nitrogens with two attached hydrogens (primary N) is 1. The van der Waals surface area contributed by atoms with E-state index in [4.69, 9.17) is 10.5 Å². The Morgan fingerprint density at radius 2 is 2.00 bits per heavy atom. The molecular formula is C14H22BrFN2O. The maximum atomic E-state index is 13.5. The minimum Gasteiger partial charge on any atom is -0.397 e. The second-order valence-electron chi connectivity index (χ2n) is 4.48. The van der Waals surface area contributed by atoms with Gasteiger partial charge in [0.2, 0.25) is 0 Å². The molecule has 0 aliphatic heterocycles. The molecule has 0 radical (unpaired) electrons. The molecule has 0 saturated heterocycles. The van der Waals surface area contributed by atoms with Crippen molar-refractivity contribution in [3.8, 4) is 0 Å². The molecule has 1 rings (SSSR count). The van der Waals surface area contributed by atoms with E-state index in [9.17, 15) is 4.39 Å². The van der Waals surface area contributed by atoms with Gasteiger partial charge in [-0.3, -0.25) is 0 Å². The van der Waals surface area contributed by atoms with Crippen molar-refractivity contribution in [3.05, 3.63) is 22.4 Å². The van der Waals surface area contributed by atoms with E-state index in [1.165, 1.54) is 6.07 Å². The van der Waals surface area contributed by atoms with Gasteiger partial charge >= 0.3 is 0 Å². The van der Waals surface area contributed by atoms with Gasteiger partial charge in [-0.15, -0.1) is 0 Å². The first-order chi connectivity index (χ1) is 9.04. The summed E-state index contributed by atoms with van der Waals surface area (Å²) in [6.07, 6.45) is 2.02. The molecule has 0 unspecified atom stereocenters. The van der Waals surface area contributed by atoms with Crippen LogP contribution in [0.5, 0.6) is 0 Å². The summed E-state index contributed by atoms with van der Waals surface area (Å²) in [4.78, 5) is 2.20. The van der Waals surface area contributed by atoms with E-state index in [1.807, 2.05) is 0 Å². The normalized spacial score (nSPS) is 11.1. The van der Waals surface area contributed by atoms with Crippen molar-refractivity contribution in [2.45, 2.75) is 32.7 Å². The molecule has 2 N–H and O–H groups in total. The fraction of sp³-hybridized carbons (Fsp3) is 0.571. The molecule has 0 amide bonds. The minimum atomic E-state index is -0.336. The molecular weight excluding hydrogens is 311 g/mol. The Morgan fingerprint density at radius 1 is 1.37 bits per heavy atom. The molecule has 0 atom stereocenters. The van der Waals surface area contributed by atoms with Crippen LogP contribution >= 0.6 is 15.9 Å². The van der Waals surface area contributed by atoms with Crippen LogP contribution in [0.2, 0.25) is 0 Å². The lowest BCUT2D eigenvalue weighted by Crippen LogP contribution is -2.37. The van der Waals surface area contributed by atoms with Crippen molar-refractivity contribution >= 4 is 27.3 Å². The van der Waals surface area contributed by atoms with E-state index in [2.05, 4.69) is 34.7 Å². The number of halogens is 2. The Morgan fingerprint density at radius 3 is 2.53 bits per heavy atom. The van der Waals surface area contributed by atoms with Crippen LogP contribution in [-0.4, -0.2) is 26.3 Å². The average molecular weight is 333 g/mol. The maximum absolute atomic E-state index is 13.5. The highest BCUT2D eigenvalue weighted by molar-refractivity contribution is 9.10. The number of nitrogen functional groups attached to an aromatic ring is 1. The Hall–Kier alpha value is -0.810. The Kier molecular flexibility index (Phi) is 6.58. The molecule has 0 saturated carbocycles. The molecule has 0 bridgehead atoms. The van der Waals surface area contributed by atoms with Crippen molar-refractivity contribution in [2.24, 2.45) is 0 Å². The number of rotatable bonds is 7. The van der Waals surface area contributed by atoms with Crippen LogP contribution in [0.25, 0.3) is 0 Å². The molecule has 1 aromatic rings. The van der Waals surface area contributed by atoms with Crippen LogP contribution in [0.1, 0.15) is 26.7 Å². The van der Waals surface area contributed by atoms with Crippen LogP contribution in [0.3, 0.4) is 0 Å². The summed E-state index contributed by atoms with van der Waals surface area (Å²) in [6, 6.07) is 3.48. The van der Waals surface area contributed by atoms with E-state index < -0.39 is 0 Å². The summed E-state index contributed by atoms with van der Waals surface area (Å²) in [5, 5.41) is 0.